The summed E-state index contributed by atoms with van der Waals surface area (Å²) in [7, 11) is 0. The van der Waals surface area contributed by atoms with Gasteiger partial charge < -0.3 is 14.8 Å². The molecule has 116 valence electrons. The van der Waals surface area contributed by atoms with Crippen LogP contribution in [0.3, 0.4) is 0 Å². The van der Waals surface area contributed by atoms with Crippen LogP contribution in [-0.4, -0.2) is 18.5 Å². The Morgan fingerprint density at radius 3 is 2.73 bits per heavy atom. The maximum absolute atomic E-state index is 12.9. The van der Waals surface area contributed by atoms with E-state index in [-0.39, 0.29) is 23.9 Å². The van der Waals surface area contributed by atoms with Crippen LogP contribution in [0.1, 0.15) is 33.1 Å². The van der Waals surface area contributed by atoms with E-state index in [0.29, 0.717) is 35.9 Å². The summed E-state index contributed by atoms with van der Waals surface area (Å²) >= 11 is 0. The van der Waals surface area contributed by atoms with Crippen LogP contribution in [0, 0.1) is 16.7 Å². The number of anilines is 1. The van der Waals surface area contributed by atoms with Crippen LogP contribution in [0.15, 0.2) is 18.2 Å². The molecule has 1 aromatic carbocycles. The second-order valence-corrected chi connectivity index (χ2v) is 7.01. The van der Waals surface area contributed by atoms with Gasteiger partial charge in [0.2, 0.25) is 12.7 Å². The minimum atomic E-state index is -0.881. The predicted molar refractivity (Wildman–Crippen MR) is 79.8 cm³/mol. The summed E-state index contributed by atoms with van der Waals surface area (Å²) in [6, 6.07) is 5.30. The third kappa shape index (κ3) is 1.54. The lowest BCUT2D eigenvalue weighted by atomic mass is 9.68. The van der Waals surface area contributed by atoms with Gasteiger partial charge in [-0.15, -0.1) is 0 Å². The average molecular weight is 301 g/mol. The summed E-state index contributed by atoms with van der Waals surface area (Å²) in [4.78, 5) is 25.4. The molecule has 1 N–H and O–H groups in total. The number of nitrogens with one attached hydrogen (secondary N) is 1. The van der Waals surface area contributed by atoms with Crippen LogP contribution in [0.5, 0.6) is 11.5 Å². The first-order valence-electron chi connectivity index (χ1n) is 7.69. The number of ketones is 1. The normalized spacial score (nSPS) is 30.6. The number of rotatable bonds is 2. The molecule has 22 heavy (non-hydrogen) atoms. The Morgan fingerprint density at radius 1 is 1.27 bits per heavy atom. The first-order valence-corrected chi connectivity index (χ1v) is 7.69. The highest BCUT2D eigenvalue weighted by Crippen LogP contribution is 2.64. The zero-order valence-corrected chi connectivity index (χ0v) is 12.8. The van der Waals surface area contributed by atoms with Crippen molar-refractivity contribution >= 4 is 17.4 Å². The maximum Gasteiger partial charge on any atom is 0.238 e. The Balaban J connectivity index is 1.64. The molecular weight excluding hydrogens is 282 g/mol. The number of benzene rings is 1. The number of carbonyl (C=O) groups excluding carboxylic acids is 2. The number of carbonyl (C=O) groups is 2. The summed E-state index contributed by atoms with van der Waals surface area (Å²) in [6.45, 7) is 4.30. The van der Waals surface area contributed by atoms with Crippen LogP contribution >= 0.6 is 0 Å². The molecule has 1 amide bonds. The molecule has 3 aliphatic rings. The van der Waals surface area contributed by atoms with Crippen molar-refractivity contribution in [2.24, 2.45) is 16.7 Å². The minimum Gasteiger partial charge on any atom is -0.454 e. The third-order valence-corrected chi connectivity index (χ3v) is 5.91. The van der Waals surface area contributed by atoms with Crippen LogP contribution in [-0.2, 0) is 9.59 Å². The highest BCUT2D eigenvalue weighted by atomic mass is 16.7. The predicted octanol–water partition coefficient (Wildman–Crippen LogP) is 2.75. The van der Waals surface area contributed by atoms with Crippen LogP contribution in [0.25, 0.3) is 0 Å². The quantitative estimate of drug-likeness (QED) is 0.853. The fourth-order valence-corrected chi connectivity index (χ4v) is 4.42. The smallest absolute Gasteiger partial charge is 0.238 e. The molecule has 2 fully saturated rings. The highest BCUT2D eigenvalue weighted by Gasteiger charge is 2.68. The molecular formula is C17H19NO4. The van der Waals surface area contributed by atoms with E-state index in [1.165, 1.54) is 0 Å². The fourth-order valence-electron chi connectivity index (χ4n) is 4.42. The topological polar surface area (TPSA) is 64.6 Å². The SMILES string of the molecule is CC1(C)C2CCC1(C(=O)Nc1ccc3c(c1)OCO3)C(=O)C2. The molecule has 0 saturated heterocycles. The molecule has 2 bridgehead atoms. The van der Waals surface area contributed by atoms with E-state index in [1.807, 2.05) is 0 Å². The Kier molecular flexibility index (Phi) is 2.63. The molecule has 2 atom stereocenters. The molecule has 5 heteroatoms. The summed E-state index contributed by atoms with van der Waals surface area (Å²) in [5.74, 6) is 1.53. The standard InChI is InChI=1S/C17H19NO4/c1-16(2)10-5-6-17(16,14(19)7-10)15(20)18-11-3-4-12-13(8-11)22-9-21-12/h3-4,8,10H,5-7,9H2,1-2H3,(H,18,20). The van der Waals surface area contributed by atoms with Gasteiger partial charge in [0, 0.05) is 18.2 Å². The molecule has 2 aliphatic carbocycles. The first-order chi connectivity index (χ1) is 10.4. The summed E-state index contributed by atoms with van der Waals surface area (Å²) in [5, 5.41) is 2.92. The van der Waals surface area contributed by atoms with Crippen molar-refractivity contribution in [1.82, 2.24) is 0 Å². The van der Waals surface area contributed by atoms with Gasteiger partial charge in [-0.1, -0.05) is 13.8 Å². The van der Waals surface area contributed by atoms with Crippen molar-refractivity contribution in [2.45, 2.75) is 33.1 Å². The second-order valence-electron chi connectivity index (χ2n) is 7.01. The summed E-state index contributed by atoms with van der Waals surface area (Å²) in [6.07, 6.45) is 2.13. The van der Waals surface area contributed by atoms with E-state index in [9.17, 15) is 9.59 Å². The number of hydrogen-bond donors (Lipinski definition) is 1. The molecule has 0 spiro atoms. The summed E-state index contributed by atoms with van der Waals surface area (Å²) < 4.78 is 10.6. The molecule has 0 radical (unpaired) electrons. The molecule has 2 unspecified atom stereocenters. The number of hydrogen-bond acceptors (Lipinski definition) is 4. The molecule has 1 aliphatic heterocycles. The second kappa shape index (κ2) is 4.24. The van der Waals surface area contributed by atoms with Crippen molar-refractivity contribution in [2.75, 3.05) is 12.1 Å². The van der Waals surface area contributed by atoms with Gasteiger partial charge in [-0.3, -0.25) is 9.59 Å². The summed E-state index contributed by atoms with van der Waals surface area (Å²) in [5.41, 5.74) is -0.513. The van der Waals surface area contributed by atoms with Crippen LogP contribution < -0.4 is 14.8 Å². The van der Waals surface area contributed by atoms with Gasteiger partial charge in [0.05, 0.1) is 0 Å². The van der Waals surface area contributed by atoms with Gasteiger partial charge in [0.25, 0.3) is 0 Å². The Labute approximate surface area is 129 Å². The van der Waals surface area contributed by atoms with Crippen molar-refractivity contribution < 1.29 is 19.1 Å². The van der Waals surface area contributed by atoms with E-state index in [4.69, 9.17) is 9.47 Å². The lowest BCUT2D eigenvalue weighted by Gasteiger charge is -2.34. The molecule has 1 heterocycles. The lowest BCUT2D eigenvalue weighted by molar-refractivity contribution is -0.141. The van der Waals surface area contributed by atoms with Crippen molar-refractivity contribution in [3.8, 4) is 11.5 Å². The van der Waals surface area contributed by atoms with Crippen molar-refractivity contribution in [3.05, 3.63) is 18.2 Å². The van der Waals surface area contributed by atoms with Crippen molar-refractivity contribution in [1.29, 1.82) is 0 Å². The monoisotopic (exact) mass is 301 g/mol. The van der Waals surface area contributed by atoms with E-state index >= 15 is 0 Å². The van der Waals surface area contributed by atoms with Gasteiger partial charge in [-0.2, -0.15) is 0 Å². The Morgan fingerprint density at radius 2 is 2.05 bits per heavy atom. The van der Waals surface area contributed by atoms with Gasteiger partial charge in [-0.05, 0) is 36.3 Å². The lowest BCUT2D eigenvalue weighted by Crippen LogP contribution is -2.46. The van der Waals surface area contributed by atoms with Crippen molar-refractivity contribution in [3.63, 3.8) is 0 Å². The molecule has 0 aromatic heterocycles. The largest absolute Gasteiger partial charge is 0.454 e. The third-order valence-electron chi connectivity index (χ3n) is 5.91. The van der Waals surface area contributed by atoms with E-state index < -0.39 is 5.41 Å². The van der Waals surface area contributed by atoms with Gasteiger partial charge in [0.15, 0.2) is 11.5 Å². The zero-order valence-electron chi connectivity index (χ0n) is 12.8. The molecule has 5 nitrogen and oxygen atoms in total. The average Bonchev–Trinajstić information content (AvgIpc) is 3.08. The van der Waals surface area contributed by atoms with Gasteiger partial charge in [0.1, 0.15) is 11.2 Å². The number of ether oxygens (including phenoxy) is 2. The number of amides is 1. The zero-order chi connectivity index (χ0) is 15.5. The van der Waals surface area contributed by atoms with E-state index in [2.05, 4.69) is 19.2 Å². The molecule has 2 saturated carbocycles. The highest BCUT2D eigenvalue weighted by molar-refractivity contribution is 6.14. The molecule has 4 rings (SSSR count). The first kappa shape index (κ1) is 13.6. The Hall–Kier alpha value is -2.04. The molecule has 1 aromatic rings. The minimum absolute atomic E-state index is 0.0898. The van der Waals surface area contributed by atoms with Crippen LogP contribution in [0.4, 0.5) is 5.69 Å². The number of fused-ring (bicyclic) bond motifs is 3. The van der Waals surface area contributed by atoms with Crippen LogP contribution in [0.2, 0.25) is 0 Å². The van der Waals surface area contributed by atoms with Gasteiger partial charge >= 0.3 is 0 Å². The van der Waals surface area contributed by atoms with E-state index in [1.54, 1.807) is 18.2 Å². The van der Waals surface area contributed by atoms with Gasteiger partial charge in [-0.25, -0.2) is 0 Å². The number of Topliss-reactive ketones (excluding diaryl/α,β-unsaturated/α-hetero) is 1. The Bertz CT molecular complexity index is 681. The fraction of sp³-hybridized carbons (Fsp3) is 0.529. The van der Waals surface area contributed by atoms with E-state index in [0.717, 1.165) is 6.42 Å². The maximum atomic E-state index is 12.9.